The van der Waals surface area contributed by atoms with E-state index in [4.69, 9.17) is 10.5 Å². The van der Waals surface area contributed by atoms with E-state index in [2.05, 4.69) is 15.5 Å². The summed E-state index contributed by atoms with van der Waals surface area (Å²) in [6, 6.07) is 2.03. The molecule has 1 saturated carbocycles. The number of nitrogens with one attached hydrogen (secondary N) is 2. The van der Waals surface area contributed by atoms with E-state index in [9.17, 15) is 4.79 Å². The van der Waals surface area contributed by atoms with Gasteiger partial charge in [0.25, 0.3) is 0 Å². The summed E-state index contributed by atoms with van der Waals surface area (Å²) >= 11 is 0. The van der Waals surface area contributed by atoms with E-state index in [1.165, 1.54) is 0 Å². The maximum Gasteiger partial charge on any atom is 0.407 e. The van der Waals surface area contributed by atoms with Gasteiger partial charge in [0.2, 0.25) is 0 Å². The molecule has 1 heterocycles. The van der Waals surface area contributed by atoms with Gasteiger partial charge in [-0.05, 0) is 26.7 Å². The molecule has 1 fully saturated rings. The molecule has 1 aliphatic carbocycles. The standard InChI is InChI=1S/C11H18N4O2/c1-6(2)17-11(16)13-8-3-7(4-8)9-5-10(12)15-14-9/h5-8H,3-4H2,1-2H3,(H,13,16)(H3,12,14,15). The van der Waals surface area contributed by atoms with Gasteiger partial charge in [-0.15, -0.1) is 0 Å². The van der Waals surface area contributed by atoms with Crippen LogP contribution >= 0.6 is 0 Å². The van der Waals surface area contributed by atoms with Crippen molar-refractivity contribution in [3.63, 3.8) is 0 Å². The third kappa shape index (κ3) is 2.89. The van der Waals surface area contributed by atoms with Crippen LogP contribution in [0.1, 0.15) is 38.3 Å². The number of aromatic amines is 1. The molecule has 0 atom stereocenters. The lowest BCUT2D eigenvalue weighted by atomic mass is 9.78. The quantitative estimate of drug-likeness (QED) is 0.741. The van der Waals surface area contributed by atoms with Crippen LogP contribution in [0.25, 0.3) is 0 Å². The van der Waals surface area contributed by atoms with E-state index >= 15 is 0 Å². The van der Waals surface area contributed by atoms with Crippen molar-refractivity contribution in [1.29, 1.82) is 0 Å². The van der Waals surface area contributed by atoms with Crippen molar-refractivity contribution in [2.45, 2.75) is 44.8 Å². The highest BCUT2D eigenvalue weighted by atomic mass is 16.6. The van der Waals surface area contributed by atoms with Crippen LogP contribution in [0.3, 0.4) is 0 Å². The zero-order valence-electron chi connectivity index (χ0n) is 10.1. The van der Waals surface area contributed by atoms with Gasteiger partial charge < -0.3 is 15.8 Å². The van der Waals surface area contributed by atoms with Crippen molar-refractivity contribution >= 4 is 11.9 Å². The molecular weight excluding hydrogens is 220 g/mol. The summed E-state index contributed by atoms with van der Waals surface area (Å²) in [4.78, 5) is 11.3. The second-order valence-corrected chi connectivity index (χ2v) is 4.71. The highest BCUT2D eigenvalue weighted by Crippen LogP contribution is 2.36. The summed E-state index contributed by atoms with van der Waals surface area (Å²) in [7, 11) is 0. The van der Waals surface area contributed by atoms with Gasteiger partial charge in [-0.2, -0.15) is 5.10 Å². The average molecular weight is 238 g/mol. The summed E-state index contributed by atoms with van der Waals surface area (Å²) in [5, 5.41) is 9.61. The van der Waals surface area contributed by atoms with Gasteiger partial charge in [0.05, 0.1) is 6.10 Å². The summed E-state index contributed by atoms with van der Waals surface area (Å²) in [6.45, 7) is 3.66. The number of rotatable bonds is 3. The second kappa shape index (κ2) is 4.65. The van der Waals surface area contributed by atoms with E-state index < -0.39 is 0 Å². The minimum atomic E-state index is -0.340. The first-order chi connectivity index (χ1) is 8.04. The Labute approximate surface area is 99.9 Å². The van der Waals surface area contributed by atoms with Crippen LogP contribution in [-0.4, -0.2) is 28.4 Å². The molecule has 0 radical (unpaired) electrons. The Morgan fingerprint density at radius 3 is 2.88 bits per heavy atom. The SMILES string of the molecule is CC(C)OC(=O)NC1CC(c2cc(N)n[nH]2)C1. The molecule has 0 saturated heterocycles. The summed E-state index contributed by atoms with van der Waals surface area (Å²) in [5.41, 5.74) is 6.57. The van der Waals surface area contributed by atoms with E-state index in [1.807, 2.05) is 19.9 Å². The number of alkyl carbamates (subject to hydrolysis) is 1. The maximum atomic E-state index is 11.3. The van der Waals surface area contributed by atoms with Gasteiger partial charge in [0.15, 0.2) is 0 Å². The number of carbonyl (C=O) groups is 1. The van der Waals surface area contributed by atoms with Crippen molar-refractivity contribution in [3.8, 4) is 0 Å². The molecule has 2 rings (SSSR count). The number of aromatic nitrogens is 2. The molecular formula is C11H18N4O2. The highest BCUT2D eigenvalue weighted by Gasteiger charge is 2.33. The van der Waals surface area contributed by atoms with Crippen molar-refractivity contribution in [2.24, 2.45) is 0 Å². The van der Waals surface area contributed by atoms with E-state index in [0.29, 0.717) is 11.7 Å². The number of amides is 1. The van der Waals surface area contributed by atoms with Gasteiger partial charge >= 0.3 is 6.09 Å². The van der Waals surface area contributed by atoms with Gasteiger partial charge in [-0.3, -0.25) is 5.10 Å². The molecule has 0 aliphatic heterocycles. The fourth-order valence-corrected chi connectivity index (χ4v) is 1.97. The number of H-pyrrole nitrogens is 1. The number of nitrogens with two attached hydrogens (primary N) is 1. The van der Waals surface area contributed by atoms with Gasteiger partial charge in [-0.25, -0.2) is 4.79 Å². The summed E-state index contributed by atoms with van der Waals surface area (Å²) in [5.74, 6) is 0.916. The molecule has 17 heavy (non-hydrogen) atoms. The number of nitrogen functional groups attached to an aromatic ring is 1. The molecule has 0 unspecified atom stereocenters. The Kier molecular flexibility index (Phi) is 3.21. The van der Waals surface area contributed by atoms with Gasteiger partial charge in [0, 0.05) is 23.7 Å². The molecule has 6 heteroatoms. The molecule has 1 aliphatic rings. The third-order valence-corrected chi connectivity index (χ3v) is 2.86. The molecule has 1 amide bonds. The zero-order valence-corrected chi connectivity index (χ0v) is 10.1. The van der Waals surface area contributed by atoms with E-state index in [0.717, 1.165) is 18.5 Å². The topological polar surface area (TPSA) is 93.0 Å². The van der Waals surface area contributed by atoms with Crippen LogP contribution in [0.4, 0.5) is 10.6 Å². The smallest absolute Gasteiger partial charge is 0.407 e. The summed E-state index contributed by atoms with van der Waals surface area (Å²) < 4.78 is 5.01. The van der Waals surface area contributed by atoms with Gasteiger partial charge in [-0.1, -0.05) is 0 Å². The summed E-state index contributed by atoms with van der Waals surface area (Å²) in [6.07, 6.45) is 1.37. The molecule has 0 spiro atoms. The van der Waals surface area contributed by atoms with Crippen LogP contribution in [-0.2, 0) is 4.74 Å². The van der Waals surface area contributed by atoms with E-state index in [1.54, 1.807) is 0 Å². The normalized spacial score (nSPS) is 23.2. The fourth-order valence-electron chi connectivity index (χ4n) is 1.97. The number of hydrogen-bond acceptors (Lipinski definition) is 4. The molecule has 0 bridgehead atoms. The van der Waals surface area contributed by atoms with Crippen LogP contribution in [0.15, 0.2) is 6.07 Å². The largest absolute Gasteiger partial charge is 0.447 e. The van der Waals surface area contributed by atoms with Crippen molar-refractivity contribution in [3.05, 3.63) is 11.8 Å². The molecule has 6 nitrogen and oxygen atoms in total. The monoisotopic (exact) mass is 238 g/mol. The fraction of sp³-hybridized carbons (Fsp3) is 0.636. The number of anilines is 1. The predicted octanol–water partition coefficient (Wildman–Crippen LogP) is 1.37. The Morgan fingerprint density at radius 1 is 1.65 bits per heavy atom. The van der Waals surface area contributed by atoms with E-state index in [-0.39, 0.29) is 18.2 Å². The van der Waals surface area contributed by atoms with Crippen LogP contribution in [0.5, 0.6) is 0 Å². The molecule has 0 aromatic carbocycles. The first kappa shape index (κ1) is 11.8. The lowest BCUT2D eigenvalue weighted by Gasteiger charge is -2.34. The number of hydrogen-bond donors (Lipinski definition) is 3. The Hall–Kier alpha value is -1.72. The van der Waals surface area contributed by atoms with Crippen molar-refractivity contribution in [2.75, 3.05) is 5.73 Å². The Bertz CT molecular complexity index is 396. The zero-order chi connectivity index (χ0) is 12.4. The number of ether oxygens (including phenoxy) is 1. The van der Waals surface area contributed by atoms with Crippen LogP contribution in [0.2, 0.25) is 0 Å². The van der Waals surface area contributed by atoms with Crippen molar-refractivity contribution in [1.82, 2.24) is 15.5 Å². The number of carbonyl (C=O) groups excluding carboxylic acids is 1. The third-order valence-electron chi connectivity index (χ3n) is 2.86. The lowest BCUT2D eigenvalue weighted by Crippen LogP contribution is -2.44. The number of nitrogens with zero attached hydrogens (tertiary/aromatic N) is 1. The second-order valence-electron chi connectivity index (χ2n) is 4.71. The molecule has 4 N–H and O–H groups in total. The minimum Gasteiger partial charge on any atom is -0.447 e. The first-order valence-corrected chi connectivity index (χ1v) is 5.82. The maximum absolute atomic E-state index is 11.3. The molecule has 94 valence electrons. The Balaban J connectivity index is 1.74. The molecule has 1 aromatic heterocycles. The predicted molar refractivity (Wildman–Crippen MR) is 63.5 cm³/mol. The van der Waals surface area contributed by atoms with Crippen molar-refractivity contribution < 1.29 is 9.53 Å². The average Bonchev–Trinajstić information content (AvgIpc) is 2.56. The first-order valence-electron chi connectivity index (χ1n) is 5.82. The Morgan fingerprint density at radius 2 is 2.35 bits per heavy atom. The van der Waals surface area contributed by atoms with Crippen LogP contribution < -0.4 is 11.1 Å². The molecule has 1 aromatic rings. The highest BCUT2D eigenvalue weighted by molar-refractivity contribution is 5.68. The minimum absolute atomic E-state index is 0.0849. The van der Waals surface area contributed by atoms with Gasteiger partial charge in [0.1, 0.15) is 5.82 Å². The van der Waals surface area contributed by atoms with Crippen LogP contribution in [0, 0.1) is 0 Å². The lowest BCUT2D eigenvalue weighted by molar-refractivity contribution is 0.106.